The fourth-order valence-corrected chi connectivity index (χ4v) is 2.22. The van der Waals surface area contributed by atoms with E-state index in [0.717, 1.165) is 16.5 Å². The molecule has 84 valence electrons. The lowest BCUT2D eigenvalue weighted by molar-refractivity contribution is 1.17. The number of nitrogens with zero attached hydrogens (tertiary/aromatic N) is 2. The van der Waals surface area contributed by atoms with Crippen molar-refractivity contribution in [1.82, 2.24) is 15.0 Å². The first-order chi connectivity index (χ1) is 8.24. The van der Waals surface area contributed by atoms with Crippen molar-refractivity contribution in [2.75, 3.05) is 0 Å². The number of H-pyrrole nitrogens is 1. The van der Waals surface area contributed by atoms with Crippen LogP contribution < -0.4 is 0 Å². The summed E-state index contributed by atoms with van der Waals surface area (Å²) in [4.78, 5) is 11.2. The van der Waals surface area contributed by atoms with Crippen LogP contribution in [0.1, 0.15) is 0 Å². The van der Waals surface area contributed by atoms with Gasteiger partial charge in [-0.05, 0) is 17.7 Å². The Balaban J connectivity index is 2.27. The molecule has 0 fully saturated rings. The standard InChI is InChI=1S/C12H7Cl2N3/c13-11-5-10(16-12(14)17-11)8-6-15-9-4-2-1-3-7(8)9/h1-6,15H. The van der Waals surface area contributed by atoms with Gasteiger partial charge in [0.2, 0.25) is 5.28 Å². The van der Waals surface area contributed by atoms with Gasteiger partial charge in [-0.1, -0.05) is 29.8 Å². The maximum Gasteiger partial charge on any atom is 0.224 e. The van der Waals surface area contributed by atoms with E-state index in [1.165, 1.54) is 0 Å². The monoisotopic (exact) mass is 263 g/mol. The highest BCUT2D eigenvalue weighted by Crippen LogP contribution is 2.28. The Hall–Kier alpha value is -1.58. The average Bonchev–Trinajstić information content (AvgIpc) is 2.71. The van der Waals surface area contributed by atoms with E-state index < -0.39 is 0 Å². The van der Waals surface area contributed by atoms with Crippen LogP contribution in [0, 0.1) is 0 Å². The number of para-hydroxylation sites is 1. The summed E-state index contributed by atoms with van der Waals surface area (Å²) in [7, 11) is 0. The molecule has 0 aliphatic carbocycles. The molecule has 0 saturated carbocycles. The normalized spacial score (nSPS) is 10.9. The van der Waals surface area contributed by atoms with Gasteiger partial charge in [0.15, 0.2) is 0 Å². The number of aromatic nitrogens is 3. The second kappa shape index (κ2) is 4.02. The van der Waals surface area contributed by atoms with Crippen LogP contribution in [0.25, 0.3) is 22.2 Å². The van der Waals surface area contributed by atoms with E-state index in [1.54, 1.807) is 6.07 Å². The predicted molar refractivity (Wildman–Crippen MR) is 69.3 cm³/mol. The molecule has 0 amide bonds. The van der Waals surface area contributed by atoms with E-state index >= 15 is 0 Å². The Morgan fingerprint density at radius 3 is 2.71 bits per heavy atom. The molecule has 0 saturated heterocycles. The zero-order valence-electron chi connectivity index (χ0n) is 8.61. The third-order valence-electron chi connectivity index (χ3n) is 2.53. The topological polar surface area (TPSA) is 41.6 Å². The molecule has 3 nitrogen and oxygen atoms in total. The molecule has 0 spiro atoms. The first-order valence-electron chi connectivity index (χ1n) is 5.00. The zero-order chi connectivity index (χ0) is 11.8. The van der Waals surface area contributed by atoms with Gasteiger partial charge in [-0.2, -0.15) is 0 Å². The number of fused-ring (bicyclic) bond motifs is 1. The highest BCUT2D eigenvalue weighted by molar-refractivity contribution is 6.32. The minimum absolute atomic E-state index is 0.151. The molecule has 0 aliphatic heterocycles. The van der Waals surface area contributed by atoms with E-state index in [-0.39, 0.29) is 5.28 Å². The lowest BCUT2D eigenvalue weighted by atomic mass is 10.1. The van der Waals surface area contributed by atoms with Crippen molar-refractivity contribution in [2.24, 2.45) is 0 Å². The van der Waals surface area contributed by atoms with E-state index in [1.807, 2.05) is 30.5 Å². The lowest BCUT2D eigenvalue weighted by Gasteiger charge is -2.00. The minimum atomic E-state index is 0.151. The molecule has 0 atom stereocenters. The highest BCUT2D eigenvalue weighted by atomic mass is 35.5. The van der Waals surface area contributed by atoms with Crippen molar-refractivity contribution in [2.45, 2.75) is 0 Å². The largest absolute Gasteiger partial charge is 0.360 e. The van der Waals surface area contributed by atoms with Gasteiger partial charge in [-0.15, -0.1) is 0 Å². The van der Waals surface area contributed by atoms with Gasteiger partial charge in [0.25, 0.3) is 0 Å². The summed E-state index contributed by atoms with van der Waals surface area (Å²) in [5.74, 6) is 0. The van der Waals surface area contributed by atoms with Crippen molar-refractivity contribution in [3.63, 3.8) is 0 Å². The number of benzene rings is 1. The van der Waals surface area contributed by atoms with Crippen molar-refractivity contribution in [1.29, 1.82) is 0 Å². The zero-order valence-corrected chi connectivity index (χ0v) is 10.1. The van der Waals surface area contributed by atoms with E-state index in [2.05, 4.69) is 15.0 Å². The van der Waals surface area contributed by atoms with Crippen molar-refractivity contribution in [3.05, 3.63) is 47.0 Å². The number of hydrogen-bond donors (Lipinski definition) is 1. The van der Waals surface area contributed by atoms with Crippen molar-refractivity contribution >= 4 is 34.1 Å². The summed E-state index contributed by atoms with van der Waals surface area (Å²) < 4.78 is 0. The molecule has 2 aromatic heterocycles. The molecule has 3 aromatic rings. The number of hydrogen-bond acceptors (Lipinski definition) is 2. The molecule has 0 radical (unpaired) electrons. The summed E-state index contributed by atoms with van der Waals surface area (Å²) in [6, 6.07) is 9.67. The average molecular weight is 264 g/mol. The van der Waals surface area contributed by atoms with Gasteiger partial charge in [0.1, 0.15) is 5.15 Å². The summed E-state index contributed by atoms with van der Waals surface area (Å²) in [6.45, 7) is 0. The summed E-state index contributed by atoms with van der Waals surface area (Å²) in [5, 5.41) is 1.57. The van der Waals surface area contributed by atoms with Crippen LogP contribution >= 0.6 is 23.2 Å². The van der Waals surface area contributed by atoms with Gasteiger partial charge < -0.3 is 4.98 Å². The second-order valence-electron chi connectivity index (χ2n) is 3.59. The number of aromatic amines is 1. The molecular formula is C12H7Cl2N3. The van der Waals surface area contributed by atoms with Gasteiger partial charge >= 0.3 is 0 Å². The summed E-state index contributed by atoms with van der Waals surface area (Å²) in [5.41, 5.74) is 2.73. The van der Waals surface area contributed by atoms with Gasteiger partial charge in [0, 0.05) is 28.7 Å². The second-order valence-corrected chi connectivity index (χ2v) is 4.32. The first-order valence-corrected chi connectivity index (χ1v) is 5.76. The molecule has 3 rings (SSSR count). The molecule has 0 bridgehead atoms. The Kier molecular flexibility index (Phi) is 2.50. The quantitative estimate of drug-likeness (QED) is 0.534. The van der Waals surface area contributed by atoms with E-state index in [9.17, 15) is 0 Å². The molecule has 0 unspecified atom stereocenters. The van der Waals surface area contributed by atoms with Crippen LogP contribution in [0.4, 0.5) is 0 Å². The van der Waals surface area contributed by atoms with Crippen LogP contribution in [-0.4, -0.2) is 15.0 Å². The Bertz CT molecular complexity index is 671. The third kappa shape index (κ3) is 1.88. The molecule has 1 aromatic carbocycles. The molecule has 5 heteroatoms. The van der Waals surface area contributed by atoms with Gasteiger partial charge in [-0.3, -0.25) is 0 Å². The third-order valence-corrected chi connectivity index (χ3v) is 2.90. The fourth-order valence-electron chi connectivity index (χ4n) is 1.81. The predicted octanol–water partition coefficient (Wildman–Crippen LogP) is 3.93. The van der Waals surface area contributed by atoms with Crippen LogP contribution in [0.2, 0.25) is 10.4 Å². The molecule has 17 heavy (non-hydrogen) atoms. The maximum atomic E-state index is 5.87. The van der Waals surface area contributed by atoms with Gasteiger partial charge in [0.05, 0.1) is 5.69 Å². The highest BCUT2D eigenvalue weighted by Gasteiger charge is 2.09. The van der Waals surface area contributed by atoms with Crippen LogP contribution in [0.3, 0.4) is 0 Å². The molecule has 2 heterocycles. The van der Waals surface area contributed by atoms with E-state index in [0.29, 0.717) is 10.8 Å². The number of nitrogens with one attached hydrogen (secondary N) is 1. The fraction of sp³-hybridized carbons (Fsp3) is 0. The Labute approximate surface area is 107 Å². The molecule has 0 aliphatic rings. The van der Waals surface area contributed by atoms with Gasteiger partial charge in [-0.25, -0.2) is 9.97 Å². The van der Waals surface area contributed by atoms with Crippen molar-refractivity contribution in [3.8, 4) is 11.3 Å². The first kappa shape index (κ1) is 10.6. The molecular weight excluding hydrogens is 257 g/mol. The number of rotatable bonds is 1. The maximum absolute atomic E-state index is 5.87. The van der Waals surface area contributed by atoms with Crippen LogP contribution in [-0.2, 0) is 0 Å². The smallest absolute Gasteiger partial charge is 0.224 e. The Morgan fingerprint density at radius 1 is 1.06 bits per heavy atom. The number of halogens is 2. The van der Waals surface area contributed by atoms with Crippen LogP contribution in [0.15, 0.2) is 36.5 Å². The SMILES string of the molecule is Clc1cc(-c2c[nH]c3ccccc23)nc(Cl)n1. The summed E-state index contributed by atoms with van der Waals surface area (Å²) >= 11 is 11.7. The Morgan fingerprint density at radius 2 is 1.88 bits per heavy atom. The minimum Gasteiger partial charge on any atom is -0.360 e. The lowest BCUT2D eigenvalue weighted by Crippen LogP contribution is -1.87. The van der Waals surface area contributed by atoms with Crippen molar-refractivity contribution < 1.29 is 0 Å². The molecule has 1 N–H and O–H groups in total. The van der Waals surface area contributed by atoms with Crippen LogP contribution in [0.5, 0.6) is 0 Å². The van der Waals surface area contributed by atoms with E-state index in [4.69, 9.17) is 23.2 Å². The summed E-state index contributed by atoms with van der Waals surface area (Å²) in [6.07, 6.45) is 1.89.